The van der Waals surface area contributed by atoms with Crippen molar-refractivity contribution in [3.8, 4) is 0 Å². The third-order valence-electron chi connectivity index (χ3n) is 2.42. The van der Waals surface area contributed by atoms with Crippen molar-refractivity contribution in [2.75, 3.05) is 6.61 Å². The van der Waals surface area contributed by atoms with E-state index in [0.29, 0.717) is 6.42 Å². The first-order valence-electron chi connectivity index (χ1n) is 8.57. The molecule has 0 saturated carbocycles. The van der Waals surface area contributed by atoms with Gasteiger partial charge in [0, 0.05) is 0 Å². The molecule has 0 bridgehead atoms. The largest absolute Gasteiger partial charge is 0.756 e. The molecule has 31 heavy (non-hydrogen) atoms. The van der Waals surface area contributed by atoms with E-state index in [9.17, 15) is 14.6 Å². The fraction of sp³-hybridized carbons (Fsp3) is 0.200. The highest BCUT2D eigenvalue weighted by Gasteiger charge is 2.19. The molecule has 0 amide bonds. The Labute approximate surface area is 180 Å². The lowest BCUT2D eigenvalue weighted by molar-refractivity contribution is -0.227. The molecule has 1 N–H and O–H groups in total. The quantitative estimate of drug-likeness (QED) is 0.282. The summed E-state index contributed by atoms with van der Waals surface area (Å²) in [6.45, 7) is 6.64. The first kappa shape index (κ1) is 26.9. The second-order valence-corrected chi connectivity index (χ2v) is 6.13. The van der Waals surface area contributed by atoms with Crippen molar-refractivity contribution >= 4 is 7.82 Å². The number of allylic oxidation sites excluding steroid dienone is 1. The Morgan fingerprint density at radius 3 is 1.84 bits per heavy atom. The number of phosphoric acid groups is 1. The van der Waals surface area contributed by atoms with E-state index >= 15 is 0 Å². The maximum atomic E-state index is 11.7. The van der Waals surface area contributed by atoms with E-state index in [0.717, 1.165) is 0 Å². The monoisotopic (exact) mass is 427 g/mol. The second kappa shape index (κ2) is 17.9. The molecule has 0 aliphatic carbocycles. The molecule has 0 spiro atoms. The van der Waals surface area contributed by atoms with Crippen LogP contribution in [0.3, 0.4) is 0 Å². The van der Waals surface area contributed by atoms with Crippen LogP contribution in [0.1, 0.15) is 20.3 Å². The maximum absolute atomic E-state index is 11.7. The van der Waals surface area contributed by atoms with Crippen molar-refractivity contribution in [2.45, 2.75) is 26.4 Å². The highest BCUT2D eigenvalue weighted by molar-refractivity contribution is 7.45. The summed E-state index contributed by atoms with van der Waals surface area (Å²) in [4.78, 5) is 11.7. The van der Waals surface area contributed by atoms with Gasteiger partial charge in [-0.3, -0.25) is 4.57 Å². The van der Waals surface area contributed by atoms with Crippen LogP contribution in [0.4, 0.5) is 0 Å². The summed E-state index contributed by atoms with van der Waals surface area (Å²) in [5.41, 5.74) is 38.6. The van der Waals surface area contributed by atoms with Crippen LogP contribution < -0.4 is 4.89 Å². The Morgan fingerprint density at radius 2 is 1.42 bits per heavy atom. The lowest BCUT2D eigenvalue weighted by Gasteiger charge is -2.25. The third-order valence-corrected chi connectivity index (χ3v) is 3.41. The molecule has 2 unspecified atom stereocenters. The summed E-state index contributed by atoms with van der Waals surface area (Å²) in [7, 11) is -4.58. The lowest BCUT2D eigenvalue weighted by Crippen LogP contribution is -2.18. The van der Waals surface area contributed by atoms with E-state index in [1.165, 1.54) is 12.2 Å². The molecular weight excluding hydrogens is 411 g/mol. The molecule has 0 aromatic heterocycles. The van der Waals surface area contributed by atoms with Crippen LogP contribution in [-0.2, 0) is 13.6 Å². The van der Waals surface area contributed by atoms with Gasteiger partial charge in [0.1, 0.15) is 6.10 Å². The average Bonchev–Trinajstić information content (AvgIpc) is 2.74. The smallest absolute Gasteiger partial charge is 0.268 e. The Kier molecular flexibility index (Phi) is 15.5. The molecule has 0 aliphatic rings. The number of aliphatic hydroxyl groups excluding tert-OH is 1. The Bertz CT molecular complexity index is 1340. The fourth-order valence-electron chi connectivity index (χ4n) is 1.31. The molecular formula is C25H16O5P-. The topological polar surface area (TPSA) is 78.8 Å². The van der Waals surface area contributed by atoms with Crippen LogP contribution in [0.5, 0.6) is 0 Å². The molecule has 0 fully saturated rings. The summed E-state index contributed by atoms with van der Waals surface area (Å²) < 4.78 is 21.1. The van der Waals surface area contributed by atoms with E-state index in [2.05, 4.69) is 103 Å². The Balaban J connectivity index is 5.89. The minimum atomic E-state index is -4.58. The molecule has 0 rings (SSSR count). The van der Waals surface area contributed by atoms with Crippen LogP contribution in [0.25, 0.3) is 0 Å². The number of hydrogen-bond acceptors (Lipinski definition) is 5. The van der Waals surface area contributed by atoms with Crippen molar-refractivity contribution < 1.29 is 23.6 Å². The highest BCUT2D eigenvalue weighted by Crippen LogP contribution is 2.41. The van der Waals surface area contributed by atoms with Gasteiger partial charge < -0.3 is 19.0 Å². The van der Waals surface area contributed by atoms with E-state index in [-0.39, 0.29) is 6.61 Å². The zero-order valence-electron chi connectivity index (χ0n) is 16.9. The van der Waals surface area contributed by atoms with Gasteiger partial charge >= 0.3 is 0 Å². The molecule has 0 heterocycles. The first-order valence-corrected chi connectivity index (χ1v) is 10.0. The Hall–Kier alpha value is -4.13. The van der Waals surface area contributed by atoms with Gasteiger partial charge in [0.25, 0.3) is 7.82 Å². The zero-order valence-corrected chi connectivity index (χ0v) is 17.8. The summed E-state index contributed by atoms with van der Waals surface area (Å²) in [5, 5.41) is 9.91. The summed E-state index contributed by atoms with van der Waals surface area (Å²) >= 11 is 0. The molecule has 0 aromatic carbocycles. The van der Waals surface area contributed by atoms with Gasteiger partial charge in [-0.15, -0.1) is 0 Å². The molecule has 6 heteroatoms. The van der Waals surface area contributed by atoms with Gasteiger partial charge in [0.2, 0.25) is 0 Å². The van der Waals surface area contributed by atoms with Crippen LogP contribution in [0.15, 0.2) is 116 Å². The maximum Gasteiger partial charge on any atom is 0.268 e. The van der Waals surface area contributed by atoms with E-state index in [1.807, 2.05) is 0 Å². The Morgan fingerprint density at radius 1 is 0.968 bits per heavy atom. The minimum Gasteiger partial charge on any atom is -0.756 e. The van der Waals surface area contributed by atoms with Crippen molar-refractivity contribution in [1.82, 2.24) is 0 Å². The van der Waals surface area contributed by atoms with Gasteiger partial charge in [-0.25, -0.2) is 0 Å². The van der Waals surface area contributed by atoms with Gasteiger partial charge in [-0.05, 0) is 106 Å². The van der Waals surface area contributed by atoms with Crippen LogP contribution in [0.2, 0.25) is 0 Å². The predicted octanol–water partition coefficient (Wildman–Crippen LogP) is 4.40. The molecule has 0 aromatic rings. The van der Waals surface area contributed by atoms with Gasteiger partial charge in [-0.2, -0.15) is 0 Å². The zero-order chi connectivity index (χ0) is 23.2. The lowest BCUT2D eigenvalue weighted by atomic mass is 10.3. The van der Waals surface area contributed by atoms with Gasteiger partial charge in [0.05, 0.1) is 6.61 Å². The van der Waals surface area contributed by atoms with Crippen LogP contribution >= 0.6 is 7.82 Å². The molecule has 0 radical (unpaired) electrons. The molecule has 0 aliphatic heterocycles. The van der Waals surface area contributed by atoms with Crippen molar-refractivity contribution in [3.63, 3.8) is 0 Å². The SMILES string of the molecule is C=C=C=C=C=C=C=C=C=C=C=C=C=C=C=C=C=C(O)C(/C=C/C)OP(=O)([O-])OCCC. The number of rotatable bonds is 7. The summed E-state index contributed by atoms with van der Waals surface area (Å²) in [5.74, 6) is -0.546. The van der Waals surface area contributed by atoms with Gasteiger partial charge in [-0.1, -0.05) is 24.8 Å². The first-order chi connectivity index (χ1) is 15.0. The van der Waals surface area contributed by atoms with Crippen LogP contribution in [0, 0.1) is 0 Å². The highest BCUT2D eigenvalue weighted by atomic mass is 31.2. The van der Waals surface area contributed by atoms with Crippen molar-refractivity contribution in [1.29, 1.82) is 0 Å². The second-order valence-electron chi connectivity index (χ2n) is 4.77. The third kappa shape index (κ3) is 16.5. The fourth-order valence-corrected chi connectivity index (χ4v) is 2.22. The number of phosphoric ester groups is 1. The molecule has 152 valence electrons. The normalized spacial score (nSPS) is 10.5. The van der Waals surface area contributed by atoms with Crippen molar-refractivity contribution in [2.24, 2.45) is 0 Å². The number of aliphatic hydroxyl groups is 1. The number of hydrogen-bond donors (Lipinski definition) is 1. The molecule has 2 atom stereocenters. The van der Waals surface area contributed by atoms with E-state index in [4.69, 9.17) is 4.52 Å². The average molecular weight is 427 g/mol. The van der Waals surface area contributed by atoms with Crippen LogP contribution in [-0.4, -0.2) is 17.8 Å². The standard InChI is InChI=1S/C25H17O5P/c1-4-7-8-9-10-11-12-13-14-15-16-17-18-19-20-22-24(26)25(21-5-2)30-31(27,28)29-23-6-3/h5,21,25-26H,1,6,23H2,2-3H3,(H,27,28)/p-1/b21-5+. The van der Waals surface area contributed by atoms with E-state index in [1.54, 1.807) is 13.8 Å². The summed E-state index contributed by atoms with van der Waals surface area (Å²) in [6.07, 6.45) is 1.99. The predicted molar refractivity (Wildman–Crippen MR) is 112 cm³/mol. The minimum absolute atomic E-state index is 0.0245. The van der Waals surface area contributed by atoms with E-state index < -0.39 is 19.7 Å². The van der Waals surface area contributed by atoms with Crippen molar-refractivity contribution in [3.05, 3.63) is 116 Å². The summed E-state index contributed by atoms with van der Waals surface area (Å²) in [6, 6.07) is 0. The molecule has 5 nitrogen and oxygen atoms in total. The van der Waals surface area contributed by atoms with Gasteiger partial charge in [0.15, 0.2) is 5.76 Å². The molecule has 0 saturated heterocycles.